The van der Waals surface area contributed by atoms with Gasteiger partial charge in [-0.05, 0) is 17.0 Å². The fourth-order valence-electron chi connectivity index (χ4n) is 2.49. The second kappa shape index (κ2) is 5.24. The van der Waals surface area contributed by atoms with Gasteiger partial charge in [-0.25, -0.2) is 8.42 Å². The minimum atomic E-state index is -3.06. The summed E-state index contributed by atoms with van der Waals surface area (Å²) in [4.78, 5) is 14.1. The van der Waals surface area contributed by atoms with Crippen LogP contribution in [0, 0.1) is 5.41 Å². The third-order valence-electron chi connectivity index (χ3n) is 3.69. The molecule has 0 aromatic carbocycles. The number of rotatable bonds is 2. The molecule has 0 saturated carbocycles. The molecule has 1 unspecified atom stereocenters. The molecule has 0 radical (unpaired) electrons. The fourth-order valence-corrected chi connectivity index (χ4v) is 4.30. The highest BCUT2D eigenvalue weighted by Crippen LogP contribution is 2.29. The first-order chi connectivity index (χ1) is 9.19. The van der Waals surface area contributed by atoms with Crippen LogP contribution in [0.15, 0.2) is 23.0 Å². The van der Waals surface area contributed by atoms with Gasteiger partial charge in [0.15, 0.2) is 9.84 Å². The van der Waals surface area contributed by atoms with E-state index in [1.54, 1.807) is 17.2 Å². The van der Waals surface area contributed by atoms with Crippen molar-refractivity contribution in [3.63, 3.8) is 0 Å². The molecule has 2 heterocycles. The standard InChI is InChI=1S/C14H21NO4S/c1-14(2,3)12-10-20(17,18)7-5-15(12)13(16)8-11-4-6-19-9-11/h4,6,9,12H,5,7-8,10H2,1-3H3. The monoisotopic (exact) mass is 299 g/mol. The number of carbonyl (C=O) groups excluding carboxylic acids is 1. The molecule has 6 heteroatoms. The van der Waals surface area contributed by atoms with Gasteiger partial charge in [0.25, 0.3) is 0 Å². The van der Waals surface area contributed by atoms with Gasteiger partial charge < -0.3 is 9.32 Å². The highest BCUT2D eigenvalue weighted by Gasteiger charge is 2.40. The molecule has 0 bridgehead atoms. The van der Waals surface area contributed by atoms with Gasteiger partial charge in [0.2, 0.25) is 5.91 Å². The van der Waals surface area contributed by atoms with Crippen molar-refractivity contribution in [3.05, 3.63) is 24.2 Å². The zero-order valence-corrected chi connectivity index (χ0v) is 12.9. The normalized spacial score (nSPS) is 22.8. The van der Waals surface area contributed by atoms with Gasteiger partial charge >= 0.3 is 0 Å². The van der Waals surface area contributed by atoms with Crippen LogP contribution in [-0.4, -0.2) is 43.3 Å². The average molecular weight is 299 g/mol. The molecule has 1 saturated heterocycles. The van der Waals surface area contributed by atoms with Crippen LogP contribution < -0.4 is 0 Å². The lowest BCUT2D eigenvalue weighted by Gasteiger charge is -2.43. The van der Waals surface area contributed by atoms with Gasteiger partial charge in [-0.1, -0.05) is 20.8 Å². The molecule has 1 aromatic rings. The lowest BCUT2D eigenvalue weighted by atomic mass is 9.86. The summed E-state index contributed by atoms with van der Waals surface area (Å²) in [5.41, 5.74) is 0.551. The van der Waals surface area contributed by atoms with Gasteiger partial charge in [0, 0.05) is 6.54 Å². The van der Waals surface area contributed by atoms with Gasteiger partial charge in [0.1, 0.15) is 0 Å². The molecule has 0 spiro atoms. The predicted octanol–water partition coefficient (Wildman–Crippen LogP) is 1.49. The van der Waals surface area contributed by atoms with Crippen molar-refractivity contribution in [2.75, 3.05) is 18.1 Å². The summed E-state index contributed by atoms with van der Waals surface area (Å²) in [6, 6.07) is 1.48. The third-order valence-corrected chi connectivity index (χ3v) is 5.31. The van der Waals surface area contributed by atoms with Crippen molar-refractivity contribution in [1.82, 2.24) is 4.90 Å². The Balaban J connectivity index is 2.18. The Hall–Kier alpha value is -1.30. The van der Waals surface area contributed by atoms with E-state index in [0.29, 0.717) is 0 Å². The molecule has 0 N–H and O–H groups in total. The summed E-state index contributed by atoms with van der Waals surface area (Å²) in [6.45, 7) is 6.19. The number of sulfone groups is 1. The van der Waals surface area contributed by atoms with Gasteiger partial charge in [-0.2, -0.15) is 0 Å². The largest absolute Gasteiger partial charge is 0.472 e. The van der Waals surface area contributed by atoms with Crippen LogP contribution in [0.5, 0.6) is 0 Å². The Morgan fingerprint density at radius 3 is 2.70 bits per heavy atom. The Morgan fingerprint density at radius 2 is 2.15 bits per heavy atom. The van der Waals surface area contributed by atoms with Crippen molar-refractivity contribution >= 4 is 15.7 Å². The van der Waals surface area contributed by atoms with Crippen molar-refractivity contribution in [2.45, 2.75) is 33.2 Å². The number of furan rings is 1. The maximum atomic E-state index is 12.4. The van der Waals surface area contributed by atoms with Gasteiger partial charge in [-0.3, -0.25) is 4.79 Å². The van der Waals surface area contributed by atoms with Crippen LogP contribution in [0.2, 0.25) is 0 Å². The lowest BCUT2D eigenvalue weighted by Crippen LogP contribution is -2.56. The van der Waals surface area contributed by atoms with E-state index in [9.17, 15) is 13.2 Å². The van der Waals surface area contributed by atoms with Crippen LogP contribution in [0.25, 0.3) is 0 Å². The zero-order valence-electron chi connectivity index (χ0n) is 12.1. The molecule has 20 heavy (non-hydrogen) atoms. The summed E-state index contributed by atoms with van der Waals surface area (Å²) in [5, 5.41) is 0. The Labute approximate surface area is 119 Å². The van der Waals surface area contributed by atoms with E-state index in [4.69, 9.17) is 4.42 Å². The summed E-state index contributed by atoms with van der Waals surface area (Å²) < 4.78 is 28.6. The summed E-state index contributed by atoms with van der Waals surface area (Å²) >= 11 is 0. The summed E-state index contributed by atoms with van der Waals surface area (Å²) in [7, 11) is -3.06. The molecule has 5 nitrogen and oxygen atoms in total. The molecule has 1 atom stereocenters. The van der Waals surface area contributed by atoms with E-state index >= 15 is 0 Å². The third kappa shape index (κ3) is 3.42. The van der Waals surface area contributed by atoms with Crippen LogP contribution in [0.4, 0.5) is 0 Å². The number of hydrogen-bond donors (Lipinski definition) is 0. The molecule has 2 rings (SSSR count). The topological polar surface area (TPSA) is 67.6 Å². The van der Waals surface area contributed by atoms with Crippen LogP contribution in [-0.2, 0) is 21.1 Å². The minimum Gasteiger partial charge on any atom is -0.472 e. The smallest absolute Gasteiger partial charge is 0.227 e. The maximum Gasteiger partial charge on any atom is 0.227 e. The van der Waals surface area contributed by atoms with Crippen LogP contribution in [0.3, 0.4) is 0 Å². The predicted molar refractivity (Wildman–Crippen MR) is 76.0 cm³/mol. The number of hydrogen-bond acceptors (Lipinski definition) is 4. The van der Waals surface area contributed by atoms with Crippen molar-refractivity contribution in [1.29, 1.82) is 0 Å². The SMILES string of the molecule is CC(C)(C)C1CS(=O)(=O)CCN1C(=O)Cc1ccoc1. The number of carbonyl (C=O) groups is 1. The molecule has 1 fully saturated rings. The summed E-state index contributed by atoms with van der Waals surface area (Å²) in [6.07, 6.45) is 3.33. The molecule has 1 aliphatic rings. The first kappa shape index (κ1) is 15.1. The summed E-state index contributed by atoms with van der Waals surface area (Å²) in [5.74, 6) is 0.0610. The van der Waals surface area contributed by atoms with Crippen molar-refractivity contribution in [2.24, 2.45) is 5.41 Å². The average Bonchev–Trinajstić information content (AvgIpc) is 2.79. The first-order valence-corrected chi connectivity index (χ1v) is 8.52. The van der Waals surface area contributed by atoms with E-state index < -0.39 is 9.84 Å². The molecule has 112 valence electrons. The molecule has 1 aromatic heterocycles. The number of amides is 1. The van der Waals surface area contributed by atoms with E-state index in [1.807, 2.05) is 20.8 Å². The molecule has 1 aliphatic heterocycles. The Bertz CT molecular complexity index is 569. The minimum absolute atomic E-state index is 0.0405. The second-order valence-electron chi connectivity index (χ2n) is 6.39. The zero-order chi connectivity index (χ0) is 15.0. The number of nitrogens with zero attached hydrogens (tertiary/aromatic N) is 1. The van der Waals surface area contributed by atoms with Crippen LogP contribution >= 0.6 is 0 Å². The van der Waals surface area contributed by atoms with E-state index in [-0.39, 0.29) is 41.8 Å². The van der Waals surface area contributed by atoms with E-state index in [2.05, 4.69) is 0 Å². The lowest BCUT2D eigenvalue weighted by molar-refractivity contribution is -0.134. The van der Waals surface area contributed by atoms with E-state index in [1.165, 1.54) is 6.26 Å². The molecular formula is C14H21NO4S. The van der Waals surface area contributed by atoms with Gasteiger partial charge in [-0.15, -0.1) is 0 Å². The Kier molecular flexibility index (Phi) is 3.95. The van der Waals surface area contributed by atoms with Crippen molar-refractivity contribution in [3.8, 4) is 0 Å². The maximum absolute atomic E-state index is 12.4. The van der Waals surface area contributed by atoms with Crippen molar-refractivity contribution < 1.29 is 17.6 Å². The second-order valence-corrected chi connectivity index (χ2v) is 8.62. The fraction of sp³-hybridized carbons (Fsp3) is 0.643. The Morgan fingerprint density at radius 1 is 1.45 bits per heavy atom. The highest BCUT2D eigenvalue weighted by atomic mass is 32.2. The quantitative estimate of drug-likeness (QED) is 0.830. The van der Waals surface area contributed by atoms with E-state index in [0.717, 1.165) is 5.56 Å². The molecule has 1 amide bonds. The van der Waals surface area contributed by atoms with Crippen LogP contribution in [0.1, 0.15) is 26.3 Å². The van der Waals surface area contributed by atoms with Gasteiger partial charge in [0.05, 0.1) is 36.5 Å². The molecule has 0 aliphatic carbocycles. The molecular weight excluding hydrogens is 278 g/mol. The first-order valence-electron chi connectivity index (χ1n) is 6.70. The highest BCUT2D eigenvalue weighted by molar-refractivity contribution is 7.91.